The molecule has 0 fully saturated rings. The molecule has 2 aromatic rings. The van der Waals surface area contributed by atoms with Crippen LogP contribution >= 0.6 is 15.9 Å². The monoisotopic (exact) mass is 311 g/mol. The number of halogens is 2. The van der Waals surface area contributed by atoms with Gasteiger partial charge >= 0.3 is 0 Å². The normalized spacial score (nSPS) is 12.7. The Hall–Kier alpha value is -1.20. The van der Waals surface area contributed by atoms with E-state index in [2.05, 4.69) is 33.1 Å². The molecule has 0 saturated carbocycles. The lowest BCUT2D eigenvalue weighted by Crippen LogP contribution is -2.21. The molecule has 2 rings (SSSR count). The van der Waals surface area contributed by atoms with Crippen LogP contribution in [0.4, 0.5) is 4.39 Å². The number of nitrogens with zero attached hydrogens (tertiary/aromatic N) is 1. The van der Waals surface area contributed by atoms with Gasteiger partial charge in [0.05, 0.1) is 5.69 Å². The van der Waals surface area contributed by atoms with Crippen molar-refractivity contribution in [3.63, 3.8) is 0 Å². The third-order valence-corrected chi connectivity index (χ3v) is 3.50. The first-order valence-electron chi connectivity index (χ1n) is 5.85. The summed E-state index contributed by atoms with van der Waals surface area (Å²) in [5.74, 6) is -0.269. The first-order valence-corrected chi connectivity index (χ1v) is 6.64. The van der Waals surface area contributed by atoms with Gasteiger partial charge in [0.25, 0.3) is 0 Å². The van der Waals surface area contributed by atoms with Crippen molar-refractivity contribution in [1.29, 1.82) is 0 Å². The fraction of sp³-hybridized carbons (Fsp3) is 0.308. The lowest BCUT2D eigenvalue weighted by molar-refractivity contribution is 0.627. The SMILES string of the molecule is CCC(N)Cc1cc(-c2ccc(F)cc2Br)n[nH]1. The zero-order valence-electron chi connectivity index (χ0n) is 10.1. The second kappa shape index (κ2) is 5.63. The van der Waals surface area contributed by atoms with E-state index in [1.165, 1.54) is 12.1 Å². The van der Waals surface area contributed by atoms with Gasteiger partial charge in [-0.1, -0.05) is 6.92 Å². The Morgan fingerprint density at radius 2 is 2.22 bits per heavy atom. The summed E-state index contributed by atoms with van der Waals surface area (Å²) in [6, 6.07) is 6.65. The van der Waals surface area contributed by atoms with Crippen LogP contribution in [0, 0.1) is 5.82 Å². The van der Waals surface area contributed by atoms with Gasteiger partial charge < -0.3 is 5.73 Å². The molecule has 0 aliphatic heterocycles. The van der Waals surface area contributed by atoms with E-state index >= 15 is 0 Å². The predicted molar refractivity (Wildman–Crippen MR) is 73.7 cm³/mol. The molecule has 1 aromatic carbocycles. The number of aromatic nitrogens is 2. The molecule has 0 bridgehead atoms. The van der Waals surface area contributed by atoms with Gasteiger partial charge in [0.15, 0.2) is 0 Å². The number of rotatable bonds is 4. The predicted octanol–water partition coefficient (Wildman–Crippen LogP) is 3.26. The van der Waals surface area contributed by atoms with E-state index in [-0.39, 0.29) is 11.9 Å². The summed E-state index contributed by atoms with van der Waals surface area (Å²) in [4.78, 5) is 0. The van der Waals surface area contributed by atoms with Gasteiger partial charge in [0, 0.05) is 28.2 Å². The van der Waals surface area contributed by atoms with E-state index in [4.69, 9.17) is 5.73 Å². The molecule has 18 heavy (non-hydrogen) atoms. The molecular formula is C13H15BrFN3. The Kier molecular flexibility index (Phi) is 4.14. The van der Waals surface area contributed by atoms with E-state index in [0.717, 1.165) is 29.8 Å². The fourth-order valence-electron chi connectivity index (χ4n) is 1.73. The summed E-state index contributed by atoms with van der Waals surface area (Å²) < 4.78 is 13.7. The maximum atomic E-state index is 13.0. The summed E-state index contributed by atoms with van der Waals surface area (Å²) in [6.45, 7) is 2.05. The first-order chi connectivity index (χ1) is 8.60. The molecule has 0 radical (unpaired) electrons. The third kappa shape index (κ3) is 2.97. The van der Waals surface area contributed by atoms with Crippen molar-refractivity contribution in [3.05, 3.63) is 40.2 Å². The minimum Gasteiger partial charge on any atom is -0.327 e. The molecule has 0 amide bonds. The quantitative estimate of drug-likeness (QED) is 0.910. The fourth-order valence-corrected chi connectivity index (χ4v) is 2.28. The van der Waals surface area contributed by atoms with Crippen LogP contribution in [-0.4, -0.2) is 16.2 Å². The highest BCUT2D eigenvalue weighted by atomic mass is 79.9. The minimum absolute atomic E-state index is 0.134. The lowest BCUT2D eigenvalue weighted by atomic mass is 10.1. The summed E-state index contributed by atoms with van der Waals surface area (Å²) in [5.41, 5.74) is 8.55. The van der Waals surface area contributed by atoms with Crippen LogP contribution in [-0.2, 0) is 6.42 Å². The van der Waals surface area contributed by atoms with E-state index in [1.54, 1.807) is 6.07 Å². The Balaban J connectivity index is 2.24. The van der Waals surface area contributed by atoms with E-state index in [9.17, 15) is 4.39 Å². The number of H-pyrrole nitrogens is 1. The zero-order chi connectivity index (χ0) is 13.1. The molecular weight excluding hydrogens is 297 g/mol. The van der Waals surface area contributed by atoms with Gasteiger partial charge in [0.1, 0.15) is 5.82 Å². The van der Waals surface area contributed by atoms with E-state index in [1.807, 2.05) is 6.07 Å². The highest BCUT2D eigenvalue weighted by molar-refractivity contribution is 9.10. The molecule has 1 unspecified atom stereocenters. The van der Waals surface area contributed by atoms with E-state index < -0.39 is 0 Å². The van der Waals surface area contributed by atoms with Gasteiger partial charge in [-0.3, -0.25) is 5.10 Å². The molecule has 96 valence electrons. The summed E-state index contributed by atoms with van der Waals surface area (Å²) in [5, 5.41) is 7.20. The average Bonchev–Trinajstić information content (AvgIpc) is 2.77. The standard InChI is InChI=1S/C13H15BrFN3/c1-2-9(16)6-10-7-13(18-17-10)11-4-3-8(15)5-12(11)14/h3-5,7,9H,2,6,16H2,1H3,(H,17,18). The maximum Gasteiger partial charge on any atom is 0.124 e. The maximum absolute atomic E-state index is 13.0. The number of nitrogens with one attached hydrogen (secondary N) is 1. The second-order valence-corrected chi connectivity index (χ2v) is 5.13. The van der Waals surface area contributed by atoms with Gasteiger partial charge in [-0.05, 0) is 46.6 Å². The molecule has 1 heterocycles. The van der Waals surface area contributed by atoms with Crippen molar-refractivity contribution in [2.75, 3.05) is 0 Å². The van der Waals surface area contributed by atoms with Crippen molar-refractivity contribution >= 4 is 15.9 Å². The highest BCUT2D eigenvalue weighted by Crippen LogP contribution is 2.27. The Morgan fingerprint density at radius 1 is 1.44 bits per heavy atom. The van der Waals surface area contributed by atoms with Crippen molar-refractivity contribution in [2.24, 2.45) is 5.73 Å². The molecule has 0 aliphatic rings. The van der Waals surface area contributed by atoms with Crippen molar-refractivity contribution < 1.29 is 4.39 Å². The van der Waals surface area contributed by atoms with E-state index in [0.29, 0.717) is 4.47 Å². The summed E-state index contributed by atoms with van der Waals surface area (Å²) in [6.07, 6.45) is 1.69. The van der Waals surface area contributed by atoms with Crippen LogP contribution in [0.3, 0.4) is 0 Å². The average molecular weight is 312 g/mol. The number of nitrogens with two attached hydrogens (primary N) is 1. The lowest BCUT2D eigenvalue weighted by Gasteiger charge is -2.04. The molecule has 5 heteroatoms. The Labute approximate surface area is 114 Å². The van der Waals surface area contributed by atoms with Crippen molar-refractivity contribution in [1.82, 2.24) is 10.2 Å². The molecule has 0 aliphatic carbocycles. The molecule has 3 N–H and O–H groups in total. The summed E-state index contributed by atoms with van der Waals surface area (Å²) >= 11 is 3.34. The topological polar surface area (TPSA) is 54.7 Å². The van der Waals surface area contributed by atoms with Crippen LogP contribution in [0.1, 0.15) is 19.0 Å². The largest absolute Gasteiger partial charge is 0.327 e. The Bertz CT molecular complexity index is 539. The number of benzene rings is 1. The number of aromatic amines is 1. The van der Waals surface area contributed by atoms with Crippen LogP contribution < -0.4 is 5.73 Å². The summed E-state index contributed by atoms with van der Waals surface area (Å²) in [7, 11) is 0. The van der Waals surface area contributed by atoms with Crippen molar-refractivity contribution in [2.45, 2.75) is 25.8 Å². The molecule has 1 aromatic heterocycles. The van der Waals surface area contributed by atoms with Gasteiger partial charge in [-0.15, -0.1) is 0 Å². The van der Waals surface area contributed by atoms with Crippen molar-refractivity contribution in [3.8, 4) is 11.3 Å². The van der Waals surface area contributed by atoms with Crippen LogP contribution in [0.5, 0.6) is 0 Å². The van der Waals surface area contributed by atoms with Gasteiger partial charge in [0.2, 0.25) is 0 Å². The van der Waals surface area contributed by atoms with Crippen LogP contribution in [0.25, 0.3) is 11.3 Å². The van der Waals surface area contributed by atoms with Crippen LogP contribution in [0.15, 0.2) is 28.7 Å². The zero-order valence-corrected chi connectivity index (χ0v) is 11.7. The molecule has 3 nitrogen and oxygen atoms in total. The minimum atomic E-state index is -0.269. The van der Waals surface area contributed by atoms with Crippen LogP contribution in [0.2, 0.25) is 0 Å². The number of hydrogen-bond acceptors (Lipinski definition) is 2. The third-order valence-electron chi connectivity index (χ3n) is 2.84. The number of hydrogen-bond donors (Lipinski definition) is 2. The smallest absolute Gasteiger partial charge is 0.124 e. The highest BCUT2D eigenvalue weighted by Gasteiger charge is 2.10. The first kappa shape index (κ1) is 13.2. The van der Waals surface area contributed by atoms with Gasteiger partial charge in [-0.25, -0.2) is 4.39 Å². The van der Waals surface area contributed by atoms with Gasteiger partial charge in [-0.2, -0.15) is 5.10 Å². The second-order valence-electron chi connectivity index (χ2n) is 4.28. The Morgan fingerprint density at radius 3 is 2.89 bits per heavy atom. The molecule has 0 spiro atoms. The molecule has 1 atom stereocenters. The molecule has 0 saturated heterocycles.